The maximum absolute atomic E-state index is 12.8. The number of carbonyl (C=O) groups is 1. The fraction of sp³-hybridized carbons (Fsp3) is 0.316. The summed E-state index contributed by atoms with van der Waals surface area (Å²) in [5.41, 5.74) is 1.50. The molecule has 2 aromatic rings. The number of ether oxygens (including phenoxy) is 1. The van der Waals surface area contributed by atoms with E-state index in [-0.39, 0.29) is 11.7 Å². The van der Waals surface area contributed by atoms with E-state index < -0.39 is 0 Å². The molecule has 126 valence electrons. The minimum absolute atomic E-state index is 0.0248. The van der Waals surface area contributed by atoms with Gasteiger partial charge in [-0.2, -0.15) is 0 Å². The molecule has 3 rings (SSSR count). The van der Waals surface area contributed by atoms with Gasteiger partial charge in [0.1, 0.15) is 11.6 Å². The number of benzene rings is 2. The average Bonchev–Trinajstić information content (AvgIpc) is 3.40. The minimum atomic E-state index is -0.273. The quantitative estimate of drug-likeness (QED) is 0.728. The topological polar surface area (TPSA) is 50.4 Å². The Kier molecular flexibility index (Phi) is 5.31. The third-order valence-electron chi connectivity index (χ3n) is 3.80. The fourth-order valence-electron chi connectivity index (χ4n) is 2.34. The van der Waals surface area contributed by atoms with Crippen molar-refractivity contribution in [2.75, 3.05) is 18.5 Å². The standard InChI is InChI=1S/C19H21FN2O2/c20-14-6-10-16(11-7-14)24-13-3-12-21-18-5-2-1-4-17(18)19(23)22-15-8-9-15/h1-2,4-7,10-11,15,21H,3,8-9,12-13H2,(H,22,23). The first-order valence-corrected chi connectivity index (χ1v) is 8.24. The minimum Gasteiger partial charge on any atom is -0.494 e. The third kappa shape index (κ3) is 4.72. The van der Waals surface area contributed by atoms with Crippen molar-refractivity contribution in [1.82, 2.24) is 5.32 Å². The lowest BCUT2D eigenvalue weighted by Crippen LogP contribution is -2.26. The van der Waals surface area contributed by atoms with Gasteiger partial charge in [0.2, 0.25) is 0 Å². The van der Waals surface area contributed by atoms with Crippen LogP contribution >= 0.6 is 0 Å². The van der Waals surface area contributed by atoms with Crippen LogP contribution in [0.4, 0.5) is 10.1 Å². The molecule has 5 heteroatoms. The number of para-hydroxylation sites is 1. The Hall–Kier alpha value is -2.56. The Morgan fingerprint density at radius 2 is 1.88 bits per heavy atom. The number of hydrogen-bond acceptors (Lipinski definition) is 3. The molecule has 0 heterocycles. The first-order chi connectivity index (χ1) is 11.7. The molecular formula is C19H21FN2O2. The van der Waals surface area contributed by atoms with Crippen molar-refractivity contribution in [1.29, 1.82) is 0 Å². The average molecular weight is 328 g/mol. The summed E-state index contributed by atoms with van der Waals surface area (Å²) in [4.78, 5) is 12.2. The Bertz CT molecular complexity index is 684. The van der Waals surface area contributed by atoms with Crippen LogP contribution in [0.5, 0.6) is 5.75 Å². The highest BCUT2D eigenvalue weighted by Gasteiger charge is 2.24. The lowest BCUT2D eigenvalue weighted by atomic mass is 10.1. The van der Waals surface area contributed by atoms with E-state index in [9.17, 15) is 9.18 Å². The highest BCUT2D eigenvalue weighted by molar-refractivity contribution is 5.99. The molecule has 0 aromatic heterocycles. The third-order valence-corrected chi connectivity index (χ3v) is 3.80. The summed E-state index contributed by atoms with van der Waals surface area (Å²) in [7, 11) is 0. The molecule has 0 unspecified atom stereocenters. The van der Waals surface area contributed by atoms with E-state index in [0.29, 0.717) is 30.5 Å². The summed E-state index contributed by atoms with van der Waals surface area (Å²) >= 11 is 0. The van der Waals surface area contributed by atoms with Gasteiger partial charge in [-0.05, 0) is 55.7 Å². The molecule has 1 saturated carbocycles. The van der Waals surface area contributed by atoms with Crippen molar-refractivity contribution >= 4 is 11.6 Å². The van der Waals surface area contributed by atoms with Gasteiger partial charge < -0.3 is 15.4 Å². The summed E-state index contributed by atoms with van der Waals surface area (Å²) in [6.45, 7) is 1.21. The summed E-state index contributed by atoms with van der Waals surface area (Å²) in [6, 6.07) is 13.8. The van der Waals surface area contributed by atoms with Gasteiger partial charge in [0.15, 0.2) is 0 Å². The first-order valence-electron chi connectivity index (χ1n) is 8.24. The van der Waals surface area contributed by atoms with Crippen LogP contribution in [-0.2, 0) is 0 Å². The maximum atomic E-state index is 12.8. The van der Waals surface area contributed by atoms with Gasteiger partial charge in [-0.15, -0.1) is 0 Å². The summed E-state index contributed by atoms with van der Waals surface area (Å²) in [5.74, 6) is 0.355. The van der Waals surface area contributed by atoms with E-state index in [1.165, 1.54) is 12.1 Å². The Labute approximate surface area is 141 Å². The number of hydrogen-bond donors (Lipinski definition) is 2. The second kappa shape index (κ2) is 7.81. The Morgan fingerprint density at radius 1 is 1.12 bits per heavy atom. The van der Waals surface area contributed by atoms with Crippen LogP contribution in [0.1, 0.15) is 29.6 Å². The van der Waals surface area contributed by atoms with Gasteiger partial charge in [0, 0.05) is 18.3 Å². The molecule has 0 radical (unpaired) electrons. The predicted octanol–water partition coefficient (Wildman–Crippen LogP) is 3.60. The SMILES string of the molecule is O=C(NC1CC1)c1ccccc1NCCCOc1ccc(F)cc1. The van der Waals surface area contributed by atoms with Crippen molar-refractivity contribution in [3.8, 4) is 5.75 Å². The van der Waals surface area contributed by atoms with Gasteiger partial charge in [-0.3, -0.25) is 4.79 Å². The van der Waals surface area contributed by atoms with E-state index >= 15 is 0 Å². The molecule has 4 nitrogen and oxygen atoms in total. The monoisotopic (exact) mass is 328 g/mol. The van der Waals surface area contributed by atoms with Gasteiger partial charge in [0.05, 0.1) is 12.2 Å². The summed E-state index contributed by atoms with van der Waals surface area (Å²) < 4.78 is 18.4. The molecular weight excluding hydrogens is 307 g/mol. The van der Waals surface area contributed by atoms with Crippen molar-refractivity contribution < 1.29 is 13.9 Å². The van der Waals surface area contributed by atoms with Crippen molar-refractivity contribution in [2.45, 2.75) is 25.3 Å². The Morgan fingerprint density at radius 3 is 2.62 bits per heavy atom. The van der Waals surface area contributed by atoms with Crippen LogP contribution in [0.15, 0.2) is 48.5 Å². The Balaban J connectivity index is 1.44. The van der Waals surface area contributed by atoms with Gasteiger partial charge in [-0.25, -0.2) is 4.39 Å². The molecule has 2 aromatic carbocycles. The van der Waals surface area contributed by atoms with Gasteiger partial charge >= 0.3 is 0 Å². The van der Waals surface area contributed by atoms with Gasteiger partial charge in [0.25, 0.3) is 5.91 Å². The number of rotatable bonds is 8. The van der Waals surface area contributed by atoms with Crippen LogP contribution < -0.4 is 15.4 Å². The molecule has 2 N–H and O–H groups in total. The van der Waals surface area contributed by atoms with Crippen molar-refractivity contribution in [3.63, 3.8) is 0 Å². The molecule has 1 fully saturated rings. The molecule has 1 aliphatic carbocycles. The summed E-state index contributed by atoms with van der Waals surface area (Å²) in [5, 5.41) is 6.29. The first kappa shape index (κ1) is 16.3. The summed E-state index contributed by atoms with van der Waals surface area (Å²) in [6.07, 6.45) is 2.92. The molecule has 24 heavy (non-hydrogen) atoms. The van der Waals surface area contributed by atoms with Crippen molar-refractivity contribution in [3.05, 3.63) is 59.9 Å². The molecule has 0 aliphatic heterocycles. The zero-order valence-electron chi connectivity index (χ0n) is 13.4. The molecule has 1 amide bonds. The molecule has 1 aliphatic rings. The van der Waals surface area contributed by atoms with Crippen LogP contribution in [0.25, 0.3) is 0 Å². The lowest BCUT2D eigenvalue weighted by molar-refractivity contribution is 0.0952. The van der Waals surface area contributed by atoms with E-state index in [1.807, 2.05) is 24.3 Å². The van der Waals surface area contributed by atoms with E-state index in [0.717, 1.165) is 24.9 Å². The highest BCUT2D eigenvalue weighted by Crippen LogP contribution is 2.21. The highest BCUT2D eigenvalue weighted by atomic mass is 19.1. The second-order valence-corrected chi connectivity index (χ2v) is 5.88. The molecule has 0 bridgehead atoms. The molecule has 0 saturated heterocycles. The zero-order valence-corrected chi connectivity index (χ0v) is 13.4. The van der Waals surface area contributed by atoms with Gasteiger partial charge in [-0.1, -0.05) is 12.1 Å². The van der Waals surface area contributed by atoms with Crippen LogP contribution in [0.3, 0.4) is 0 Å². The van der Waals surface area contributed by atoms with E-state index in [1.54, 1.807) is 12.1 Å². The number of nitrogens with one attached hydrogen (secondary N) is 2. The lowest BCUT2D eigenvalue weighted by Gasteiger charge is -2.12. The normalized spacial score (nSPS) is 13.4. The largest absolute Gasteiger partial charge is 0.494 e. The van der Waals surface area contributed by atoms with E-state index in [2.05, 4.69) is 10.6 Å². The predicted molar refractivity (Wildman–Crippen MR) is 91.9 cm³/mol. The second-order valence-electron chi connectivity index (χ2n) is 5.88. The number of halogens is 1. The van der Waals surface area contributed by atoms with Crippen LogP contribution in [0, 0.1) is 5.82 Å². The number of amides is 1. The van der Waals surface area contributed by atoms with E-state index in [4.69, 9.17) is 4.74 Å². The zero-order chi connectivity index (χ0) is 16.8. The van der Waals surface area contributed by atoms with Crippen LogP contribution in [-0.4, -0.2) is 25.1 Å². The molecule has 0 atom stereocenters. The number of carbonyl (C=O) groups excluding carboxylic acids is 1. The smallest absolute Gasteiger partial charge is 0.253 e. The number of anilines is 1. The van der Waals surface area contributed by atoms with Crippen LogP contribution in [0.2, 0.25) is 0 Å². The maximum Gasteiger partial charge on any atom is 0.253 e. The molecule has 0 spiro atoms. The van der Waals surface area contributed by atoms with Crippen molar-refractivity contribution in [2.24, 2.45) is 0 Å². The fourth-order valence-corrected chi connectivity index (χ4v) is 2.34.